The third-order valence-electron chi connectivity index (χ3n) is 8.29. The molecule has 1 aromatic carbocycles. The molecule has 278 valence electrons. The number of hydrogen-bond acceptors (Lipinski definition) is 9. The zero-order valence-electron chi connectivity index (χ0n) is 29.4. The summed E-state index contributed by atoms with van der Waals surface area (Å²) in [4.78, 5) is 92.1. The van der Waals surface area contributed by atoms with Crippen LogP contribution in [0.25, 0.3) is 0 Å². The van der Waals surface area contributed by atoms with Crippen molar-refractivity contribution < 1.29 is 38.7 Å². The Morgan fingerprint density at radius 1 is 0.780 bits per heavy atom. The van der Waals surface area contributed by atoms with Gasteiger partial charge in [-0.2, -0.15) is 0 Å². The molecule has 1 saturated heterocycles. The van der Waals surface area contributed by atoms with Crippen molar-refractivity contribution in [2.75, 3.05) is 13.2 Å². The summed E-state index contributed by atoms with van der Waals surface area (Å²) in [7, 11) is 0. The lowest BCUT2D eigenvalue weighted by Crippen LogP contribution is -2.60. The van der Waals surface area contributed by atoms with Gasteiger partial charge in [0.25, 0.3) is 0 Å². The van der Waals surface area contributed by atoms with Gasteiger partial charge in [-0.15, -0.1) is 0 Å². The molecular weight excluding hydrogens is 648 g/mol. The molecular formula is C34H54N8O8. The van der Waals surface area contributed by atoms with E-state index in [1.54, 1.807) is 30.3 Å². The summed E-state index contributed by atoms with van der Waals surface area (Å²) in [5.41, 5.74) is 17.2. The molecule has 1 aromatic rings. The Bertz CT molecular complexity index is 1340. The van der Waals surface area contributed by atoms with Gasteiger partial charge in [0.2, 0.25) is 41.4 Å². The first-order valence-electron chi connectivity index (χ1n) is 17.0. The highest BCUT2D eigenvalue weighted by Gasteiger charge is 2.38. The Balaban J connectivity index is 2.31. The minimum Gasteiger partial charge on any atom is -0.394 e. The minimum atomic E-state index is -1.27. The number of nitrogens with one attached hydrogen (secondary N) is 4. The Kier molecular flexibility index (Phi) is 16.8. The van der Waals surface area contributed by atoms with Crippen LogP contribution in [0.15, 0.2) is 30.3 Å². The summed E-state index contributed by atoms with van der Waals surface area (Å²) in [6.07, 6.45) is 0.962. The molecule has 0 bridgehead atoms. The van der Waals surface area contributed by atoms with E-state index in [0.717, 1.165) is 5.56 Å². The van der Waals surface area contributed by atoms with Crippen LogP contribution < -0.4 is 38.5 Å². The molecule has 0 aliphatic carbocycles. The van der Waals surface area contributed by atoms with E-state index in [4.69, 9.17) is 17.2 Å². The van der Waals surface area contributed by atoms with Crippen LogP contribution in [0.2, 0.25) is 0 Å². The van der Waals surface area contributed by atoms with E-state index in [2.05, 4.69) is 21.3 Å². The number of likely N-dealkylation sites (tertiary alicyclic amines) is 1. The summed E-state index contributed by atoms with van der Waals surface area (Å²) < 4.78 is 0. The van der Waals surface area contributed by atoms with Gasteiger partial charge in [0.05, 0.1) is 6.61 Å². The molecule has 0 saturated carbocycles. The smallest absolute Gasteiger partial charge is 0.245 e. The van der Waals surface area contributed by atoms with Gasteiger partial charge in [0, 0.05) is 19.4 Å². The molecule has 1 aliphatic rings. The summed E-state index contributed by atoms with van der Waals surface area (Å²) in [5, 5.41) is 20.0. The van der Waals surface area contributed by atoms with Crippen LogP contribution in [0.4, 0.5) is 0 Å². The molecule has 2 rings (SSSR count). The van der Waals surface area contributed by atoms with Crippen molar-refractivity contribution in [2.24, 2.45) is 29.0 Å². The average molecular weight is 703 g/mol. The van der Waals surface area contributed by atoms with E-state index in [9.17, 15) is 38.7 Å². The second-order valence-corrected chi connectivity index (χ2v) is 13.6. The Morgan fingerprint density at radius 3 is 1.76 bits per heavy atom. The number of nitrogens with two attached hydrogens (primary N) is 3. The maximum atomic E-state index is 13.8. The molecule has 0 unspecified atom stereocenters. The van der Waals surface area contributed by atoms with E-state index in [1.807, 2.05) is 27.7 Å². The Hall–Kier alpha value is -4.57. The van der Waals surface area contributed by atoms with Crippen molar-refractivity contribution >= 4 is 41.4 Å². The van der Waals surface area contributed by atoms with Crippen LogP contribution in [-0.2, 0) is 40.0 Å². The molecule has 11 N–H and O–H groups in total. The van der Waals surface area contributed by atoms with Gasteiger partial charge in [-0.1, -0.05) is 58.0 Å². The summed E-state index contributed by atoms with van der Waals surface area (Å²) in [6, 6.07) is 2.12. The van der Waals surface area contributed by atoms with Gasteiger partial charge in [0.1, 0.15) is 36.3 Å². The molecule has 50 heavy (non-hydrogen) atoms. The average Bonchev–Trinajstić information content (AvgIpc) is 3.55. The molecule has 1 heterocycles. The third-order valence-corrected chi connectivity index (χ3v) is 8.29. The second-order valence-electron chi connectivity index (χ2n) is 13.6. The summed E-state index contributed by atoms with van der Waals surface area (Å²) >= 11 is 0. The number of aliphatic hydroxyl groups is 1. The van der Waals surface area contributed by atoms with Crippen molar-refractivity contribution in [3.05, 3.63) is 35.9 Å². The lowest BCUT2D eigenvalue weighted by atomic mass is 9.98. The first-order valence-corrected chi connectivity index (χ1v) is 17.0. The zero-order chi connectivity index (χ0) is 37.5. The maximum absolute atomic E-state index is 13.8. The van der Waals surface area contributed by atoms with Crippen LogP contribution >= 0.6 is 0 Å². The summed E-state index contributed by atoms with van der Waals surface area (Å²) in [6.45, 7) is 6.98. The number of primary amides is 2. The lowest BCUT2D eigenvalue weighted by Gasteiger charge is -2.30. The first-order chi connectivity index (χ1) is 23.5. The Morgan fingerprint density at radius 2 is 1.28 bits per heavy atom. The number of aliphatic hydroxyl groups excluding tert-OH is 1. The predicted octanol–water partition coefficient (Wildman–Crippen LogP) is -1.68. The standard InChI is InChI=1S/C34H54N8O8/c1-19(2)15-24(31(47)38-23(12-13-28(36)44)34(50)42-14-8-11-27(42)29(37)45)40-32(48)25(16-20(3)4)41-33(49)26(39-30(46)22(35)18-43)17-21-9-6-5-7-10-21/h5-7,9-10,19-20,22-27,43H,8,11-18,35H2,1-4H3,(H2,36,44)(H2,37,45)(H,38,47)(H,39,46)(H,40,48)(H,41,49)/t22-,23-,24-,25-,26-,27-/m0/s1. The van der Waals surface area contributed by atoms with Gasteiger partial charge in [-0.25, -0.2) is 0 Å². The van der Waals surface area contributed by atoms with Crippen molar-refractivity contribution in [2.45, 2.75) is 109 Å². The van der Waals surface area contributed by atoms with Crippen LogP contribution in [-0.4, -0.2) is 101 Å². The van der Waals surface area contributed by atoms with E-state index < -0.39 is 84.2 Å². The van der Waals surface area contributed by atoms with Gasteiger partial charge < -0.3 is 48.5 Å². The van der Waals surface area contributed by atoms with Crippen LogP contribution in [0, 0.1) is 11.8 Å². The molecule has 7 amide bonds. The van der Waals surface area contributed by atoms with E-state index >= 15 is 0 Å². The Labute approximate surface area is 293 Å². The fourth-order valence-corrected chi connectivity index (χ4v) is 5.71. The molecule has 0 radical (unpaired) electrons. The van der Waals surface area contributed by atoms with Gasteiger partial charge in [-0.05, 0) is 49.5 Å². The quantitative estimate of drug-likeness (QED) is 0.0770. The molecule has 16 heteroatoms. The molecule has 0 aromatic heterocycles. The highest BCUT2D eigenvalue weighted by Crippen LogP contribution is 2.20. The number of hydrogen-bond donors (Lipinski definition) is 8. The molecule has 6 atom stereocenters. The van der Waals surface area contributed by atoms with E-state index in [-0.39, 0.29) is 50.5 Å². The minimum absolute atomic E-state index is 0.0688. The van der Waals surface area contributed by atoms with Crippen LogP contribution in [0.1, 0.15) is 71.8 Å². The first kappa shape index (κ1) is 41.6. The fourth-order valence-electron chi connectivity index (χ4n) is 5.71. The third kappa shape index (κ3) is 13.4. The van der Waals surface area contributed by atoms with Crippen molar-refractivity contribution in [1.29, 1.82) is 0 Å². The predicted molar refractivity (Wildman–Crippen MR) is 184 cm³/mol. The van der Waals surface area contributed by atoms with Gasteiger partial charge >= 0.3 is 0 Å². The van der Waals surface area contributed by atoms with Crippen LogP contribution in [0.3, 0.4) is 0 Å². The lowest BCUT2D eigenvalue weighted by molar-refractivity contribution is -0.141. The van der Waals surface area contributed by atoms with Crippen LogP contribution in [0.5, 0.6) is 0 Å². The number of amides is 7. The molecule has 0 spiro atoms. The topological polar surface area (TPSA) is 269 Å². The number of carbonyl (C=O) groups excluding carboxylic acids is 7. The fraction of sp³-hybridized carbons (Fsp3) is 0.618. The largest absolute Gasteiger partial charge is 0.394 e. The summed E-state index contributed by atoms with van der Waals surface area (Å²) in [5.74, 6) is -4.93. The van der Waals surface area contributed by atoms with Gasteiger partial charge in [-0.3, -0.25) is 33.6 Å². The highest BCUT2D eigenvalue weighted by atomic mass is 16.3. The SMILES string of the molecule is CC(C)C[C@H](NC(=O)[C@H](Cc1ccccc1)NC(=O)[C@@H](N)CO)C(=O)N[C@@H](CC(C)C)C(=O)N[C@@H](CCC(N)=O)C(=O)N1CCC[C@H]1C(N)=O. The normalized spacial score (nSPS) is 17.3. The molecule has 1 fully saturated rings. The number of carbonyl (C=O) groups is 7. The van der Waals surface area contributed by atoms with Crippen molar-refractivity contribution in [1.82, 2.24) is 26.2 Å². The monoisotopic (exact) mass is 702 g/mol. The van der Waals surface area contributed by atoms with Crippen molar-refractivity contribution in [3.8, 4) is 0 Å². The van der Waals surface area contributed by atoms with E-state index in [1.165, 1.54) is 4.90 Å². The van der Waals surface area contributed by atoms with Crippen molar-refractivity contribution in [3.63, 3.8) is 0 Å². The highest BCUT2D eigenvalue weighted by molar-refractivity contribution is 5.97. The number of nitrogens with zero attached hydrogens (tertiary/aromatic N) is 1. The molecule has 16 nitrogen and oxygen atoms in total. The number of benzene rings is 1. The maximum Gasteiger partial charge on any atom is 0.245 e. The zero-order valence-corrected chi connectivity index (χ0v) is 29.4. The second kappa shape index (κ2) is 20.2. The number of rotatable bonds is 20. The molecule has 1 aliphatic heterocycles. The van der Waals surface area contributed by atoms with Gasteiger partial charge in [0.15, 0.2) is 0 Å². The van der Waals surface area contributed by atoms with E-state index in [0.29, 0.717) is 12.8 Å².